The number of unbranched alkanes of at least 4 members (excludes halogenated alkanes) is 2. The number of carbonyl (C=O) groups is 1. The lowest BCUT2D eigenvalue weighted by molar-refractivity contribution is -0.118. The highest BCUT2D eigenvalue weighted by molar-refractivity contribution is 5.92. The number of hydrogen-bond donors (Lipinski definition) is 1. The van der Waals surface area contributed by atoms with Gasteiger partial charge in [-0.3, -0.25) is 4.79 Å². The minimum Gasteiger partial charge on any atom is -0.494 e. The molecule has 0 aliphatic carbocycles. The van der Waals surface area contributed by atoms with Crippen molar-refractivity contribution in [3.05, 3.63) is 43.0 Å². The number of carbonyl (C=O) groups excluding carboxylic acids is 1. The molecule has 0 saturated heterocycles. The molecule has 0 aliphatic rings. The smallest absolute Gasteiger partial charge is 0.226 e. The van der Waals surface area contributed by atoms with Crippen LogP contribution >= 0.6 is 0 Å². The molecule has 0 bridgehead atoms. The van der Waals surface area contributed by atoms with Crippen LogP contribution in [0.5, 0.6) is 5.75 Å². The number of rotatable bonds is 9. The Morgan fingerprint density at radius 2 is 2.00 bits per heavy atom. The van der Waals surface area contributed by atoms with Gasteiger partial charge in [-0.2, -0.15) is 0 Å². The molecule has 1 heterocycles. The third-order valence-corrected chi connectivity index (χ3v) is 3.53. The van der Waals surface area contributed by atoms with Gasteiger partial charge in [0.1, 0.15) is 5.75 Å². The van der Waals surface area contributed by atoms with E-state index in [0.29, 0.717) is 6.61 Å². The fraction of sp³-hybridized carbons (Fsp3) is 0.444. The summed E-state index contributed by atoms with van der Waals surface area (Å²) in [6.45, 7) is 5.46. The molecule has 0 atom stereocenters. The predicted octanol–water partition coefficient (Wildman–Crippen LogP) is 3.73. The van der Waals surface area contributed by atoms with E-state index in [2.05, 4.69) is 14.9 Å². The molecular weight excluding hydrogens is 290 g/mol. The number of anilines is 1. The molecule has 1 N–H and O–H groups in total. The Labute approximate surface area is 137 Å². The standard InChI is InChI=1S/C18H25N3O2/c1-15(2)18(22)20-16-6-8-17(9-7-16)23-13-5-3-4-11-21-12-10-19-14-21/h6-10,12,14-15H,3-5,11,13H2,1-2H3,(H,20,22). The van der Waals surface area contributed by atoms with Gasteiger partial charge in [0.25, 0.3) is 0 Å². The molecule has 1 aromatic heterocycles. The Balaban J connectivity index is 1.61. The minimum absolute atomic E-state index is 0.0201. The molecule has 5 nitrogen and oxygen atoms in total. The molecule has 1 amide bonds. The van der Waals surface area contributed by atoms with Crippen molar-refractivity contribution < 1.29 is 9.53 Å². The van der Waals surface area contributed by atoms with Gasteiger partial charge in [-0.1, -0.05) is 13.8 Å². The number of benzene rings is 1. The van der Waals surface area contributed by atoms with Crippen molar-refractivity contribution in [3.8, 4) is 5.75 Å². The van der Waals surface area contributed by atoms with Gasteiger partial charge in [-0.25, -0.2) is 4.98 Å². The van der Waals surface area contributed by atoms with Gasteiger partial charge in [0.05, 0.1) is 12.9 Å². The van der Waals surface area contributed by atoms with Crippen molar-refractivity contribution in [2.45, 2.75) is 39.7 Å². The second-order valence-electron chi connectivity index (χ2n) is 5.88. The molecule has 0 unspecified atom stereocenters. The summed E-state index contributed by atoms with van der Waals surface area (Å²) in [5.74, 6) is 0.840. The van der Waals surface area contributed by atoms with Gasteiger partial charge >= 0.3 is 0 Å². The van der Waals surface area contributed by atoms with E-state index in [4.69, 9.17) is 4.74 Å². The molecule has 2 rings (SSSR count). The zero-order chi connectivity index (χ0) is 16.5. The van der Waals surface area contributed by atoms with E-state index in [9.17, 15) is 4.79 Å². The quantitative estimate of drug-likeness (QED) is 0.717. The van der Waals surface area contributed by atoms with E-state index >= 15 is 0 Å². The molecule has 124 valence electrons. The number of imidazole rings is 1. The number of hydrogen-bond acceptors (Lipinski definition) is 3. The van der Waals surface area contributed by atoms with Crippen molar-refractivity contribution in [1.29, 1.82) is 0 Å². The summed E-state index contributed by atoms with van der Waals surface area (Å²) < 4.78 is 7.81. The Kier molecular flexibility index (Phi) is 6.66. The third kappa shape index (κ3) is 6.14. The first-order valence-electron chi connectivity index (χ1n) is 8.14. The maximum atomic E-state index is 11.6. The van der Waals surface area contributed by atoms with Crippen LogP contribution in [0.15, 0.2) is 43.0 Å². The van der Waals surface area contributed by atoms with Gasteiger partial charge in [0.2, 0.25) is 5.91 Å². The monoisotopic (exact) mass is 315 g/mol. The Morgan fingerprint density at radius 1 is 1.22 bits per heavy atom. The Bertz CT molecular complexity index is 577. The zero-order valence-electron chi connectivity index (χ0n) is 13.9. The van der Waals surface area contributed by atoms with E-state index in [1.54, 1.807) is 6.20 Å². The normalized spacial score (nSPS) is 10.7. The summed E-state index contributed by atoms with van der Waals surface area (Å²) in [5, 5.41) is 2.86. The number of aromatic nitrogens is 2. The average Bonchev–Trinajstić information content (AvgIpc) is 3.05. The molecule has 0 spiro atoms. The topological polar surface area (TPSA) is 56.1 Å². The molecule has 2 aromatic rings. The second kappa shape index (κ2) is 8.98. The number of nitrogens with zero attached hydrogens (tertiary/aromatic N) is 2. The van der Waals surface area contributed by atoms with Crippen molar-refractivity contribution in [1.82, 2.24) is 9.55 Å². The van der Waals surface area contributed by atoms with E-state index in [-0.39, 0.29) is 11.8 Å². The lowest BCUT2D eigenvalue weighted by atomic mass is 10.2. The summed E-state index contributed by atoms with van der Waals surface area (Å²) in [6.07, 6.45) is 8.91. The maximum Gasteiger partial charge on any atom is 0.226 e. The molecule has 0 saturated carbocycles. The van der Waals surface area contributed by atoms with Crippen LogP contribution < -0.4 is 10.1 Å². The maximum absolute atomic E-state index is 11.6. The van der Waals surface area contributed by atoms with Crippen LogP contribution in [-0.2, 0) is 11.3 Å². The summed E-state index contributed by atoms with van der Waals surface area (Å²) in [7, 11) is 0. The summed E-state index contributed by atoms with van der Waals surface area (Å²) in [6, 6.07) is 7.52. The highest BCUT2D eigenvalue weighted by Gasteiger charge is 2.06. The van der Waals surface area contributed by atoms with Gasteiger partial charge in [0.15, 0.2) is 0 Å². The summed E-state index contributed by atoms with van der Waals surface area (Å²) in [4.78, 5) is 15.6. The van der Waals surface area contributed by atoms with Gasteiger partial charge in [-0.15, -0.1) is 0 Å². The molecule has 0 aliphatic heterocycles. The molecule has 0 fully saturated rings. The van der Waals surface area contributed by atoms with Crippen LogP contribution in [0.3, 0.4) is 0 Å². The average molecular weight is 315 g/mol. The van der Waals surface area contributed by atoms with Crippen molar-refractivity contribution >= 4 is 11.6 Å². The molecule has 0 radical (unpaired) electrons. The molecule has 1 aromatic carbocycles. The first-order valence-corrected chi connectivity index (χ1v) is 8.14. The van der Waals surface area contributed by atoms with Crippen LogP contribution in [0, 0.1) is 5.92 Å². The van der Waals surface area contributed by atoms with Crippen LogP contribution in [0.2, 0.25) is 0 Å². The van der Waals surface area contributed by atoms with Gasteiger partial charge in [-0.05, 0) is 43.5 Å². The van der Waals surface area contributed by atoms with Crippen molar-refractivity contribution in [2.75, 3.05) is 11.9 Å². The third-order valence-electron chi connectivity index (χ3n) is 3.53. The number of aryl methyl sites for hydroxylation is 1. The summed E-state index contributed by atoms with van der Waals surface area (Å²) >= 11 is 0. The fourth-order valence-electron chi connectivity index (χ4n) is 2.10. The predicted molar refractivity (Wildman–Crippen MR) is 91.5 cm³/mol. The lowest BCUT2D eigenvalue weighted by Gasteiger charge is -2.09. The molecular formula is C18H25N3O2. The van der Waals surface area contributed by atoms with E-state index in [1.165, 1.54) is 0 Å². The first-order chi connectivity index (χ1) is 11.1. The fourth-order valence-corrected chi connectivity index (χ4v) is 2.10. The number of ether oxygens (including phenoxy) is 1. The summed E-state index contributed by atoms with van der Waals surface area (Å²) in [5.41, 5.74) is 0.802. The van der Waals surface area contributed by atoms with Crippen LogP contribution in [0.1, 0.15) is 33.1 Å². The minimum atomic E-state index is -0.0201. The van der Waals surface area contributed by atoms with Crippen molar-refractivity contribution in [3.63, 3.8) is 0 Å². The first kappa shape index (κ1) is 17.1. The van der Waals surface area contributed by atoms with Crippen molar-refractivity contribution in [2.24, 2.45) is 5.92 Å². The highest BCUT2D eigenvalue weighted by atomic mass is 16.5. The second-order valence-corrected chi connectivity index (χ2v) is 5.88. The van der Waals surface area contributed by atoms with Crippen LogP contribution in [0.25, 0.3) is 0 Å². The van der Waals surface area contributed by atoms with Gasteiger partial charge < -0.3 is 14.6 Å². The van der Waals surface area contributed by atoms with Gasteiger partial charge in [0, 0.05) is 30.5 Å². The van der Waals surface area contributed by atoms with E-state index < -0.39 is 0 Å². The van der Waals surface area contributed by atoms with E-state index in [1.807, 2.05) is 50.6 Å². The Hall–Kier alpha value is -2.30. The number of nitrogens with one attached hydrogen (secondary N) is 1. The number of amides is 1. The van der Waals surface area contributed by atoms with Crippen LogP contribution in [0.4, 0.5) is 5.69 Å². The molecule has 5 heteroatoms. The highest BCUT2D eigenvalue weighted by Crippen LogP contribution is 2.16. The lowest BCUT2D eigenvalue weighted by Crippen LogP contribution is -2.17. The molecule has 23 heavy (non-hydrogen) atoms. The SMILES string of the molecule is CC(C)C(=O)Nc1ccc(OCCCCCn2ccnc2)cc1. The largest absolute Gasteiger partial charge is 0.494 e. The zero-order valence-corrected chi connectivity index (χ0v) is 13.9. The van der Waals surface area contributed by atoms with E-state index in [0.717, 1.165) is 37.2 Å². The Morgan fingerprint density at radius 3 is 2.65 bits per heavy atom. The van der Waals surface area contributed by atoms with Crippen LogP contribution in [-0.4, -0.2) is 22.1 Å².